The fourth-order valence-electron chi connectivity index (χ4n) is 1.44. The lowest BCUT2D eigenvalue weighted by molar-refractivity contribution is -0.124. The average Bonchev–Trinajstić information content (AvgIpc) is 2.81. The number of hydrogen-bond donors (Lipinski definition) is 1. The first-order valence-corrected chi connectivity index (χ1v) is 5.64. The van der Waals surface area contributed by atoms with Crippen LogP contribution in [0.15, 0.2) is 40.6 Å². The van der Waals surface area contributed by atoms with Crippen LogP contribution in [0.25, 0.3) is 5.70 Å². The topological polar surface area (TPSA) is 44.7 Å². The number of carbonyl (C=O) groups excluding carboxylic acids is 1. The SMILES string of the molecule is C=NN1C(=O)C=C(c2cccs2)N/C1=C/C. The summed E-state index contributed by atoms with van der Waals surface area (Å²) in [4.78, 5) is 12.8. The first-order chi connectivity index (χ1) is 7.76. The van der Waals surface area contributed by atoms with E-state index in [1.807, 2.05) is 24.4 Å². The van der Waals surface area contributed by atoms with Crippen LogP contribution < -0.4 is 5.32 Å². The Bertz CT molecular complexity index is 473. The second-order valence-electron chi connectivity index (χ2n) is 3.13. The van der Waals surface area contributed by atoms with E-state index in [1.165, 1.54) is 11.1 Å². The molecule has 0 bridgehead atoms. The van der Waals surface area contributed by atoms with Gasteiger partial charge in [0.2, 0.25) is 0 Å². The van der Waals surface area contributed by atoms with E-state index in [-0.39, 0.29) is 5.91 Å². The molecule has 0 saturated heterocycles. The van der Waals surface area contributed by atoms with E-state index in [2.05, 4.69) is 17.1 Å². The largest absolute Gasteiger partial charge is 0.339 e. The van der Waals surface area contributed by atoms with Crippen LogP contribution in [-0.2, 0) is 4.79 Å². The van der Waals surface area contributed by atoms with Gasteiger partial charge in [-0.15, -0.1) is 11.3 Å². The Morgan fingerprint density at radius 2 is 2.44 bits per heavy atom. The van der Waals surface area contributed by atoms with Crippen molar-refractivity contribution < 1.29 is 4.79 Å². The maximum Gasteiger partial charge on any atom is 0.274 e. The van der Waals surface area contributed by atoms with Crippen molar-refractivity contribution >= 4 is 29.7 Å². The minimum absolute atomic E-state index is 0.190. The Hall–Kier alpha value is -1.88. The van der Waals surface area contributed by atoms with Crippen molar-refractivity contribution in [3.8, 4) is 0 Å². The van der Waals surface area contributed by atoms with E-state index < -0.39 is 0 Å². The molecule has 1 aliphatic rings. The van der Waals surface area contributed by atoms with E-state index in [4.69, 9.17) is 0 Å². The molecule has 1 amide bonds. The predicted octanol–water partition coefficient (Wildman–Crippen LogP) is 2.00. The molecule has 5 heteroatoms. The summed E-state index contributed by atoms with van der Waals surface area (Å²) in [6, 6.07) is 3.90. The summed E-state index contributed by atoms with van der Waals surface area (Å²) in [5, 5.41) is 10.0. The van der Waals surface area contributed by atoms with Crippen molar-refractivity contribution in [1.82, 2.24) is 10.3 Å². The number of nitrogens with one attached hydrogen (secondary N) is 1. The van der Waals surface area contributed by atoms with Gasteiger partial charge >= 0.3 is 0 Å². The van der Waals surface area contributed by atoms with Gasteiger partial charge in [-0.2, -0.15) is 10.1 Å². The number of rotatable bonds is 2. The van der Waals surface area contributed by atoms with Crippen LogP contribution in [0, 0.1) is 0 Å². The monoisotopic (exact) mass is 233 g/mol. The van der Waals surface area contributed by atoms with Crippen LogP contribution in [0.1, 0.15) is 11.8 Å². The highest BCUT2D eigenvalue weighted by Gasteiger charge is 2.22. The zero-order valence-electron chi connectivity index (χ0n) is 8.80. The van der Waals surface area contributed by atoms with Gasteiger partial charge in [-0.25, -0.2) is 0 Å². The smallest absolute Gasteiger partial charge is 0.274 e. The third-order valence-corrected chi connectivity index (χ3v) is 3.07. The number of carbonyl (C=O) groups is 1. The van der Waals surface area contributed by atoms with Crippen LogP contribution in [0.5, 0.6) is 0 Å². The van der Waals surface area contributed by atoms with Gasteiger partial charge in [0.15, 0.2) is 0 Å². The molecule has 0 spiro atoms. The molecular weight excluding hydrogens is 222 g/mol. The van der Waals surface area contributed by atoms with Crippen molar-refractivity contribution in [2.75, 3.05) is 0 Å². The predicted molar refractivity (Wildman–Crippen MR) is 65.6 cm³/mol. The summed E-state index contributed by atoms with van der Waals surface area (Å²) in [7, 11) is 0. The molecule has 0 saturated carbocycles. The number of thiophene rings is 1. The van der Waals surface area contributed by atoms with Crippen molar-refractivity contribution in [3.05, 3.63) is 40.4 Å². The van der Waals surface area contributed by atoms with E-state index >= 15 is 0 Å². The number of allylic oxidation sites excluding steroid dienone is 1. The van der Waals surface area contributed by atoms with Gasteiger partial charge < -0.3 is 5.32 Å². The van der Waals surface area contributed by atoms with Crippen molar-refractivity contribution in [1.29, 1.82) is 0 Å². The number of amides is 1. The molecule has 1 aromatic rings. The summed E-state index contributed by atoms with van der Waals surface area (Å²) in [5.74, 6) is 0.441. The lowest BCUT2D eigenvalue weighted by Gasteiger charge is -2.25. The molecule has 0 fully saturated rings. The van der Waals surface area contributed by atoms with Gasteiger partial charge in [-0.3, -0.25) is 4.79 Å². The second kappa shape index (κ2) is 4.32. The van der Waals surface area contributed by atoms with Gasteiger partial charge in [0, 0.05) is 12.8 Å². The normalized spacial score (nSPS) is 18.3. The van der Waals surface area contributed by atoms with E-state index in [0.717, 1.165) is 10.6 Å². The molecule has 82 valence electrons. The molecule has 4 nitrogen and oxygen atoms in total. The first kappa shape index (κ1) is 10.6. The number of hydrogen-bond acceptors (Lipinski definition) is 4. The van der Waals surface area contributed by atoms with Crippen LogP contribution in [0.4, 0.5) is 0 Å². The van der Waals surface area contributed by atoms with Crippen LogP contribution >= 0.6 is 11.3 Å². The summed E-state index contributed by atoms with van der Waals surface area (Å²) in [5.41, 5.74) is 0.799. The zero-order valence-corrected chi connectivity index (χ0v) is 9.62. The fourth-order valence-corrected chi connectivity index (χ4v) is 2.13. The molecular formula is C11H11N3OS. The van der Waals surface area contributed by atoms with Crippen molar-refractivity contribution in [3.63, 3.8) is 0 Å². The zero-order chi connectivity index (χ0) is 11.5. The molecule has 0 aliphatic carbocycles. The lowest BCUT2D eigenvalue weighted by Crippen LogP contribution is -2.35. The molecule has 2 rings (SSSR count). The van der Waals surface area contributed by atoms with E-state index in [1.54, 1.807) is 17.4 Å². The molecule has 1 N–H and O–H groups in total. The molecule has 0 radical (unpaired) electrons. The Balaban J connectivity index is 2.38. The molecule has 0 atom stereocenters. The van der Waals surface area contributed by atoms with Gasteiger partial charge in [-0.05, 0) is 24.4 Å². The second-order valence-corrected chi connectivity index (χ2v) is 4.07. The fraction of sp³-hybridized carbons (Fsp3) is 0.0909. The standard InChI is InChI=1S/C11H11N3OS/c1-3-10-13-8(9-5-4-6-16-9)7-11(15)14(10)12-2/h3-7,13H,2H2,1H3/b10-3-. The first-order valence-electron chi connectivity index (χ1n) is 4.76. The summed E-state index contributed by atoms with van der Waals surface area (Å²) >= 11 is 1.58. The summed E-state index contributed by atoms with van der Waals surface area (Å²) in [6.07, 6.45) is 3.31. The van der Waals surface area contributed by atoms with Crippen LogP contribution in [0.2, 0.25) is 0 Å². The highest BCUT2D eigenvalue weighted by Crippen LogP contribution is 2.23. The molecule has 1 aliphatic heterocycles. The Kier molecular flexibility index (Phi) is 2.87. The van der Waals surface area contributed by atoms with Gasteiger partial charge in [0.25, 0.3) is 5.91 Å². The number of hydrazone groups is 1. The maximum absolute atomic E-state index is 11.7. The highest BCUT2D eigenvalue weighted by molar-refractivity contribution is 7.11. The molecule has 16 heavy (non-hydrogen) atoms. The molecule has 2 heterocycles. The van der Waals surface area contributed by atoms with Crippen molar-refractivity contribution in [2.24, 2.45) is 5.10 Å². The molecule has 0 unspecified atom stereocenters. The van der Waals surface area contributed by atoms with E-state index in [9.17, 15) is 4.79 Å². The minimum atomic E-state index is -0.190. The van der Waals surface area contributed by atoms with Gasteiger partial charge in [0.1, 0.15) is 5.82 Å². The quantitative estimate of drug-likeness (QED) is 0.794. The average molecular weight is 233 g/mol. The molecule has 0 aromatic carbocycles. The maximum atomic E-state index is 11.7. The van der Waals surface area contributed by atoms with E-state index in [0.29, 0.717) is 5.82 Å². The van der Waals surface area contributed by atoms with Crippen LogP contribution in [0.3, 0.4) is 0 Å². The van der Waals surface area contributed by atoms with Crippen molar-refractivity contribution in [2.45, 2.75) is 6.92 Å². The van der Waals surface area contributed by atoms with Gasteiger partial charge in [0.05, 0.1) is 10.6 Å². The third-order valence-electron chi connectivity index (χ3n) is 2.17. The molecule has 1 aromatic heterocycles. The third kappa shape index (κ3) is 1.77. The van der Waals surface area contributed by atoms with Crippen LogP contribution in [-0.4, -0.2) is 17.6 Å². The Morgan fingerprint density at radius 1 is 1.62 bits per heavy atom. The Labute approximate surface area is 97.6 Å². The highest BCUT2D eigenvalue weighted by atomic mass is 32.1. The Morgan fingerprint density at radius 3 is 3.00 bits per heavy atom. The summed E-state index contributed by atoms with van der Waals surface area (Å²) < 4.78 is 0. The minimum Gasteiger partial charge on any atom is -0.339 e. The summed E-state index contributed by atoms with van der Waals surface area (Å²) in [6.45, 7) is 5.21. The number of nitrogens with zero attached hydrogens (tertiary/aromatic N) is 2. The van der Waals surface area contributed by atoms with Gasteiger partial charge in [-0.1, -0.05) is 6.07 Å². The lowest BCUT2D eigenvalue weighted by atomic mass is 10.2.